The molecule has 0 unspecified atom stereocenters. The third-order valence-corrected chi connectivity index (χ3v) is 2.11. The predicted molar refractivity (Wildman–Crippen MR) is 64.9 cm³/mol. The van der Waals surface area contributed by atoms with Crippen molar-refractivity contribution >= 4 is 6.09 Å². The molecule has 1 rings (SSSR count). The van der Waals surface area contributed by atoms with Gasteiger partial charge in [0.05, 0.1) is 6.61 Å². The molecule has 0 aromatic heterocycles. The molecule has 1 aromatic rings. The standard InChI is InChI=1S/C13H18NO3/c1-2-3-7-10-17-14-13(15)16-11-12-8-5-4-6-9-12/h4-6,8-9H,1-3,7,10-11H2,(H,14,15). The highest BCUT2D eigenvalue weighted by Gasteiger charge is 2.01. The van der Waals surface area contributed by atoms with Crippen LogP contribution in [-0.2, 0) is 16.2 Å². The Labute approximate surface area is 102 Å². The molecule has 0 aliphatic carbocycles. The lowest BCUT2D eigenvalue weighted by atomic mass is 10.2. The molecule has 17 heavy (non-hydrogen) atoms. The van der Waals surface area contributed by atoms with E-state index in [9.17, 15) is 4.79 Å². The topological polar surface area (TPSA) is 47.6 Å². The minimum absolute atomic E-state index is 0.245. The number of hydrogen-bond donors (Lipinski definition) is 1. The molecule has 4 heteroatoms. The zero-order valence-electron chi connectivity index (χ0n) is 9.85. The Hall–Kier alpha value is -1.55. The first kappa shape index (κ1) is 13.5. The van der Waals surface area contributed by atoms with Crippen LogP contribution in [0.4, 0.5) is 4.79 Å². The molecule has 0 aliphatic rings. The van der Waals surface area contributed by atoms with E-state index in [0.29, 0.717) is 6.61 Å². The molecule has 4 nitrogen and oxygen atoms in total. The average Bonchev–Trinajstić information content (AvgIpc) is 2.37. The second-order valence-corrected chi connectivity index (χ2v) is 3.57. The predicted octanol–water partition coefficient (Wildman–Crippen LogP) is 2.85. The summed E-state index contributed by atoms with van der Waals surface area (Å²) >= 11 is 0. The number of unbranched alkanes of at least 4 members (excludes halogenated alkanes) is 2. The van der Waals surface area contributed by atoms with E-state index in [4.69, 9.17) is 9.57 Å². The summed E-state index contributed by atoms with van der Waals surface area (Å²) in [5.41, 5.74) is 3.17. The van der Waals surface area contributed by atoms with Gasteiger partial charge in [0.15, 0.2) is 0 Å². The van der Waals surface area contributed by atoms with Crippen molar-refractivity contribution in [3.8, 4) is 0 Å². The third kappa shape index (κ3) is 6.58. The van der Waals surface area contributed by atoms with Gasteiger partial charge in [-0.05, 0) is 12.0 Å². The van der Waals surface area contributed by atoms with Gasteiger partial charge in [-0.2, -0.15) is 5.48 Å². The number of benzene rings is 1. The number of nitrogens with one attached hydrogen (secondary N) is 1. The molecule has 0 spiro atoms. The van der Waals surface area contributed by atoms with Crippen molar-refractivity contribution in [2.75, 3.05) is 6.61 Å². The molecule has 1 radical (unpaired) electrons. The fourth-order valence-electron chi connectivity index (χ4n) is 1.21. The first-order chi connectivity index (χ1) is 8.33. The summed E-state index contributed by atoms with van der Waals surface area (Å²) in [4.78, 5) is 16.1. The maximum absolute atomic E-state index is 11.2. The third-order valence-electron chi connectivity index (χ3n) is 2.11. The molecular formula is C13H18NO3. The summed E-state index contributed by atoms with van der Waals surface area (Å²) in [5, 5.41) is 0. The molecule has 93 valence electrons. The van der Waals surface area contributed by atoms with Crippen LogP contribution in [0.2, 0.25) is 0 Å². The van der Waals surface area contributed by atoms with Gasteiger partial charge < -0.3 is 4.74 Å². The number of rotatable bonds is 7. The first-order valence-electron chi connectivity index (χ1n) is 5.70. The Balaban J connectivity index is 2.05. The van der Waals surface area contributed by atoms with Crippen LogP contribution < -0.4 is 5.48 Å². The number of carbonyl (C=O) groups is 1. The average molecular weight is 236 g/mol. The van der Waals surface area contributed by atoms with E-state index in [0.717, 1.165) is 24.8 Å². The number of hydroxylamine groups is 1. The van der Waals surface area contributed by atoms with Crippen molar-refractivity contribution in [3.05, 3.63) is 42.8 Å². The highest BCUT2D eigenvalue weighted by atomic mass is 16.7. The maximum Gasteiger partial charge on any atom is 0.431 e. The van der Waals surface area contributed by atoms with Gasteiger partial charge in [0.2, 0.25) is 0 Å². The van der Waals surface area contributed by atoms with Crippen molar-refractivity contribution in [2.45, 2.75) is 25.9 Å². The van der Waals surface area contributed by atoms with Crippen LogP contribution in [0.15, 0.2) is 30.3 Å². The molecule has 1 amide bonds. The fourth-order valence-corrected chi connectivity index (χ4v) is 1.21. The van der Waals surface area contributed by atoms with Crippen molar-refractivity contribution in [2.24, 2.45) is 0 Å². The van der Waals surface area contributed by atoms with Gasteiger partial charge in [-0.15, -0.1) is 0 Å². The Morgan fingerprint density at radius 3 is 2.71 bits per heavy atom. The summed E-state index contributed by atoms with van der Waals surface area (Å²) in [6.07, 6.45) is 2.17. The van der Waals surface area contributed by atoms with Crippen LogP contribution >= 0.6 is 0 Å². The molecule has 0 heterocycles. The molecule has 1 aromatic carbocycles. The van der Waals surface area contributed by atoms with E-state index in [-0.39, 0.29) is 6.61 Å². The maximum atomic E-state index is 11.2. The molecular weight excluding hydrogens is 218 g/mol. The number of carbonyl (C=O) groups excluding carboxylic acids is 1. The molecule has 0 saturated heterocycles. The van der Waals surface area contributed by atoms with E-state index in [2.05, 4.69) is 12.4 Å². The van der Waals surface area contributed by atoms with Gasteiger partial charge >= 0.3 is 6.09 Å². The van der Waals surface area contributed by atoms with Gasteiger partial charge in [-0.25, -0.2) is 4.79 Å². The SMILES string of the molecule is [CH2]CCCCONC(=O)OCc1ccccc1. The highest BCUT2D eigenvalue weighted by molar-refractivity contribution is 5.65. The zero-order chi connectivity index (χ0) is 12.3. The van der Waals surface area contributed by atoms with Crippen LogP contribution in [-0.4, -0.2) is 12.7 Å². The van der Waals surface area contributed by atoms with Gasteiger partial charge in [-0.3, -0.25) is 4.84 Å². The van der Waals surface area contributed by atoms with Crippen LogP contribution in [0, 0.1) is 6.92 Å². The van der Waals surface area contributed by atoms with Crippen LogP contribution in [0.1, 0.15) is 24.8 Å². The second kappa shape index (κ2) is 8.58. The minimum atomic E-state index is -0.566. The molecule has 0 atom stereocenters. The summed E-state index contributed by atoms with van der Waals surface area (Å²) < 4.78 is 4.95. The summed E-state index contributed by atoms with van der Waals surface area (Å²) in [7, 11) is 0. The first-order valence-corrected chi connectivity index (χ1v) is 5.70. The normalized spacial score (nSPS) is 9.94. The number of hydrogen-bond acceptors (Lipinski definition) is 3. The summed E-state index contributed by atoms with van der Waals surface area (Å²) in [6, 6.07) is 9.48. The van der Waals surface area contributed by atoms with Crippen LogP contribution in [0.3, 0.4) is 0 Å². The van der Waals surface area contributed by atoms with E-state index in [1.165, 1.54) is 0 Å². The van der Waals surface area contributed by atoms with E-state index in [1.807, 2.05) is 30.3 Å². The van der Waals surface area contributed by atoms with Gasteiger partial charge in [-0.1, -0.05) is 50.1 Å². The number of amides is 1. The summed E-state index contributed by atoms with van der Waals surface area (Å²) in [5.74, 6) is 0. The molecule has 0 fully saturated rings. The molecule has 0 saturated carbocycles. The van der Waals surface area contributed by atoms with Crippen LogP contribution in [0.25, 0.3) is 0 Å². The quantitative estimate of drug-likeness (QED) is 0.585. The number of ether oxygens (including phenoxy) is 1. The Morgan fingerprint density at radius 2 is 2.00 bits per heavy atom. The highest BCUT2D eigenvalue weighted by Crippen LogP contribution is 2.00. The van der Waals surface area contributed by atoms with Gasteiger partial charge in [0.25, 0.3) is 0 Å². The lowest BCUT2D eigenvalue weighted by molar-refractivity contribution is 0.0239. The van der Waals surface area contributed by atoms with E-state index < -0.39 is 6.09 Å². The van der Waals surface area contributed by atoms with E-state index >= 15 is 0 Å². The fraction of sp³-hybridized carbons (Fsp3) is 0.385. The lowest BCUT2D eigenvalue weighted by Crippen LogP contribution is -2.24. The van der Waals surface area contributed by atoms with Crippen molar-refractivity contribution in [1.29, 1.82) is 0 Å². The van der Waals surface area contributed by atoms with Crippen molar-refractivity contribution < 1.29 is 14.4 Å². The monoisotopic (exact) mass is 236 g/mol. The minimum Gasteiger partial charge on any atom is -0.443 e. The second-order valence-electron chi connectivity index (χ2n) is 3.57. The molecule has 1 N–H and O–H groups in total. The smallest absolute Gasteiger partial charge is 0.431 e. The van der Waals surface area contributed by atoms with Gasteiger partial charge in [0, 0.05) is 0 Å². The van der Waals surface area contributed by atoms with Gasteiger partial charge in [0.1, 0.15) is 6.61 Å². The zero-order valence-corrected chi connectivity index (χ0v) is 9.85. The molecule has 0 aliphatic heterocycles. The Kier molecular flexibility index (Phi) is 6.82. The van der Waals surface area contributed by atoms with E-state index in [1.54, 1.807) is 0 Å². The largest absolute Gasteiger partial charge is 0.443 e. The molecule has 0 bridgehead atoms. The Morgan fingerprint density at radius 1 is 1.24 bits per heavy atom. The Bertz CT molecular complexity index is 314. The van der Waals surface area contributed by atoms with Crippen molar-refractivity contribution in [3.63, 3.8) is 0 Å². The summed E-state index contributed by atoms with van der Waals surface area (Å²) in [6.45, 7) is 4.44. The van der Waals surface area contributed by atoms with Crippen molar-refractivity contribution in [1.82, 2.24) is 5.48 Å². The lowest BCUT2D eigenvalue weighted by Gasteiger charge is -2.06. The van der Waals surface area contributed by atoms with Crippen LogP contribution in [0.5, 0.6) is 0 Å².